The first-order valence-corrected chi connectivity index (χ1v) is 7.72. The molecule has 0 aliphatic rings. The zero-order valence-corrected chi connectivity index (χ0v) is 14.4. The van der Waals surface area contributed by atoms with E-state index in [2.05, 4.69) is 40.8 Å². The van der Waals surface area contributed by atoms with E-state index in [1.807, 2.05) is 31.2 Å². The third-order valence-electron chi connectivity index (χ3n) is 3.19. The Bertz CT molecular complexity index is 626. The van der Waals surface area contributed by atoms with Gasteiger partial charge in [0.05, 0.1) is 12.8 Å². The van der Waals surface area contributed by atoms with Gasteiger partial charge in [-0.2, -0.15) is 0 Å². The number of nitrogens with zero attached hydrogens (tertiary/aromatic N) is 1. The molecule has 0 aliphatic heterocycles. The summed E-state index contributed by atoms with van der Waals surface area (Å²) in [6.45, 7) is 6.69. The normalized spacial score (nSPS) is 10.8. The van der Waals surface area contributed by atoms with Crippen molar-refractivity contribution in [3.05, 3.63) is 51.8 Å². The number of benzene rings is 1. The third-order valence-corrected chi connectivity index (χ3v) is 3.68. The number of ether oxygens (including phenoxy) is 2. The lowest BCUT2D eigenvalue weighted by atomic mass is 10.0. The monoisotopic (exact) mass is 349 g/mol. The summed E-state index contributed by atoms with van der Waals surface area (Å²) in [4.78, 5) is 4.47. The summed E-state index contributed by atoms with van der Waals surface area (Å²) in [6, 6.07) is 9.89. The van der Waals surface area contributed by atoms with E-state index in [0.717, 1.165) is 27.4 Å². The molecule has 2 rings (SSSR count). The van der Waals surface area contributed by atoms with Crippen molar-refractivity contribution in [1.82, 2.24) is 4.98 Å². The zero-order valence-electron chi connectivity index (χ0n) is 12.8. The fourth-order valence-corrected chi connectivity index (χ4v) is 2.53. The van der Waals surface area contributed by atoms with Crippen LogP contribution in [0.25, 0.3) is 0 Å². The van der Waals surface area contributed by atoms with Crippen molar-refractivity contribution in [2.24, 2.45) is 0 Å². The molecule has 112 valence electrons. The Balaban J connectivity index is 2.18. The summed E-state index contributed by atoms with van der Waals surface area (Å²) in [5.41, 5.74) is 2.97. The molecule has 0 fully saturated rings. The Morgan fingerprint density at radius 1 is 1.19 bits per heavy atom. The second-order valence-electron chi connectivity index (χ2n) is 5.27. The Kier molecular flexibility index (Phi) is 5.23. The predicted octanol–water partition coefficient (Wildman–Crippen LogP) is 4.86. The maximum atomic E-state index is 5.96. The summed E-state index contributed by atoms with van der Waals surface area (Å²) in [7, 11) is 1.66. The van der Waals surface area contributed by atoms with Crippen molar-refractivity contribution < 1.29 is 9.47 Å². The second kappa shape index (κ2) is 6.94. The highest BCUT2D eigenvalue weighted by Crippen LogP contribution is 2.30. The van der Waals surface area contributed by atoms with E-state index in [4.69, 9.17) is 9.47 Å². The number of pyridine rings is 1. The van der Waals surface area contributed by atoms with Gasteiger partial charge < -0.3 is 9.47 Å². The highest BCUT2D eigenvalue weighted by molar-refractivity contribution is 9.10. The molecular weight excluding hydrogens is 330 g/mol. The van der Waals surface area contributed by atoms with Gasteiger partial charge >= 0.3 is 0 Å². The third kappa shape index (κ3) is 4.21. The van der Waals surface area contributed by atoms with Crippen molar-refractivity contribution in [3.63, 3.8) is 0 Å². The van der Waals surface area contributed by atoms with E-state index < -0.39 is 0 Å². The number of hydrogen-bond acceptors (Lipinski definition) is 3. The smallest absolute Gasteiger partial charge is 0.130 e. The van der Waals surface area contributed by atoms with Crippen molar-refractivity contribution in [1.29, 1.82) is 0 Å². The van der Waals surface area contributed by atoms with Crippen LogP contribution in [0.2, 0.25) is 0 Å². The van der Waals surface area contributed by atoms with E-state index in [9.17, 15) is 0 Å². The van der Waals surface area contributed by atoms with E-state index in [1.54, 1.807) is 7.11 Å². The molecule has 1 heterocycles. The van der Waals surface area contributed by atoms with Gasteiger partial charge in [0.15, 0.2) is 0 Å². The lowest BCUT2D eigenvalue weighted by molar-refractivity contribution is 0.295. The van der Waals surface area contributed by atoms with Crippen LogP contribution in [0, 0.1) is 6.92 Å². The largest absolute Gasteiger partial charge is 0.497 e. The molecule has 0 saturated carbocycles. The van der Waals surface area contributed by atoms with Crippen LogP contribution in [0.3, 0.4) is 0 Å². The van der Waals surface area contributed by atoms with Crippen molar-refractivity contribution in [3.8, 4) is 11.5 Å². The van der Waals surface area contributed by atoms with Gasteiger partial charge in [-0.1, -0.05) is 29.8 Å². The number of hydrogen-bond donors (Lipinski definition) is 0. The van der Waals surface area contributed by atoms with Gasteiger partial charge in [0.2, 0.25) is 0 Å². The quantitative estimate of drug-likeness (QED) is 0.771. The molecule has 21 heavy (non-hydrogen) atoms. The topological polar surface area (TPSA) is 31.4 Å². The fourth-order valence-electron chi connectivity index (χ4n) is 2.15. The maximum absolute atomic E-state index is 5.96. The lowest BCUT2D eigenvalue weighted by Gasteiger charge is -2.15. The van der Waals surface area contributed by atoms with Gasteiger partial charge in [-0.3, -0.25) is 4.98 Å². The van der Waals surface area contributed by atoms with E-state index in [1.165, 1.54) is 5.56 Å². The summed E-state index contributed by atoms with van der Waals surface area (Å²) in [5.74, 6) is 2.11. The number of rotatable bonds is 5. The number of methoxy groups -OCH3 is 1. The minimum Gasteiger partial charge on any atom is -0.497 e. The molecule has 1 aromatic carbocycles. The average Bonchev–Trinajstić information content (AvgIpc) is 2.45. The molecule has 2 aromatic rings. The first kappa shape index (κ1) is 15.8. The molecule has 0 amide bonds. The highest BCUT2D eigenvalue weighted by Gasteiger charge is 2.09. The Labute approximate surface area is 134 Å². The van der Waals surface area contributed by atoms with E-state index >= 15 is 0 Å². The first-order chi connectivity index (χ1) is 9.99. The summed E-state index contributed by atoms with van der Waals surface area (Å²) >= 11 is 3.50. The van der Waals surface area contributed by atoms with Crippen LogP contribution in [0.5, 0.6) is 11.5 Å². The predicted molar refractivity (Wildman–Crippen MR) is 88.1 cm³/mol. The molecule has 0 saturated heterocycles. The number of aromatic nitrogens is 1. The summed E-state index contributed by atoms with van der Waals surface area (Å²) in [5, 5.41) is 0. The SMILES string of the molecule is COc1cc(C)nc(COc2ccc(Br)cc2C(C)C)c1. The highest BCUT2D eigenvalue weighted by atomic mass is 79.9. The molecule has 4 heteroatoms. The Hall–Kier alpha value is -1.55. The van der Waals surface area contributed by atoms with Gasteiger partial charge in [0.25, 0.3) is 0 Å². The standard InChI is InChI=1S/C17H20BrNO2/c1-11(2)16-8-13(18)5-6-17(16)21-10-14-9-15(20-4)7-12(3)19-14/h5-9,11H,10H2,1-4H3. The zero-order chi connectivity index (χ0) is 15.4. The first-order valence-electron chi connectivity index (χ1n) is 6.93. The molecule has 0 unspecified atom stereocenters. The second-order valence-corrected chi connectivity index (χ2v) is 6.18. The molecule has 0 radical (unpaired) electrons. The summed E-state index contributed by atoms with van der Waals surface area (Å²) in [6.07, 6.45) is 0. The van der Waals surface area contributed by atoms with Gasteiger partial charge in [0, 0.05) is 22.3 Å². The molecule has 3 nitrogen and oxygen atoms in total. The Morgan fingerprint density at radius 2 is 1.95 bits per heavy atom. The van der Waals surface area contributed by atoms with E-state index in [0.29, 0.717) is 12.5 Å². The molecule has 0 bridgehead atoms. The molecule has 0 spiro atoms. The minimum atomic E-state index is 0.400. The number of halogens is 1. The average molecular weight is 350 g/mol. The van der Waals surface area contributed by atoms with Crippen LogP contribution in [-0.2, 0) is 6.61 Å². The van der Waals surface area contributed by atoms with Crippen LogP contribution in [0.15, 0.2) is 34.8 Å². The van der Waals surface area contributed by atoms with Gasteiger partial charge in [-0.15, -0.1) is 0 Å². The van der Waals surface area contributed by atoms with Crippen LogP contribution in [-0.4, -0.2) is 12.1 Å². The summed E-state index contributed by atoms with van der Waals surface area (Å²) < 4.78 is 12.3. The van der Waals surface area contributed by atoms with Crippen LogP contribution in [0.1, 0.15) is 36.7 Å². The molecule has 1 aromatic heterocycles. The van der Waals surface area contributed by atoms with Crippen LogP contribution in [0.4, 0.5) is 0 Å². The minimum absolute atomic E-state index is 0.400. The van der Waals surface area contributed by atoms with Crippen LogP contribution < -0.4 is 9.47 Å². The van der Waals surface area contributed by atoms with Crippen LogP contribution >= 0.6 is 15.9 Å². The fraction of sp³-hybridized carbons (Fsp3) is 0.353. The number of aryl methyl sites for hydroxylation is 1. The molecule has 0 aliphatic carbocycles. The van der Waals surface area contributed by atoms with Crippen molar-refractivity contribution in [2.45, 2.75) is 33.3 Å². The molecule has 0 N–H and O–H groups in total. The van der Waals surface area contributed by atoms with Crippen molar-refractivity contribution in [2.75, 3.05) is 7.11 Å². The van der Waals surface area contributed by atoms with Gasteiger partial charge in [0.1, 0.15) is 18.1 Å². The van der Waals surface area contributed by atoms with Gasteiger partial charge in [-0.05, 0) is 36.6 Å². The molecular formula is C17H20BrNO2. The lowest BCUT2D eigenvalue weighted by Crippen LogP contribution is -2.03. The molecule has 0 atom stereocenters. The maximum Gasteiger partial charge on any atom is 0.130 e. The Morgan fingerprint density at radius 3 is 2.62 bits per heavy atom. The van der Waals surface area contributed by atoms with Crippen molar-refractivity contribution >= 4 is 15.9 Å². The van der Waals surface area contributed by atoms with E-state index in [-0.39, 0.29) is 0 Å². The van der Waals surface area contributed by atoms with Gasteiger partial charge in [-0.25, -0.2) is 0 Å².